The molecule has 1 amide bonds. The molecule has 0 spiro atoms. The molecule has 1 unspecified atom stereocenters. The fourth-order valence-electron chi connectivity index (χ4n) is 3.09. The van der Waals surface area contributed by atoms with Crippen molar-refractivity contribution < 1.29 is 14.3 Å². The van der Waals surface area contributed by atoms with Crippen LogP contribution in [0.2, 0.25) is 0 Å². The highest BCUT2D eigenvalue weighted by Crippen LogP contribution is 2.21. The van der Waals surface area contributed by atoms with E-state index in [-0.39, 0.29) is 5.91 Å². The molecule has 0 heterocycles. The summed E-state index contributed by atoms with van der Waals surface area (Å²) in [5.41, 5.74) is 4.05. The molecule has 0 aliphatic rings. The predicted octanol–water partition coefficient (Wildman–Crippen LogP) is 5.68. The average molecular weight is 389 g/mol. The summed E-state index contributed by atoms with van der Waals surface area (Å²) in [5.74, 6) is 1.31. The standard InChI is InChI=1S/C25H27NO3/c1-4-24(29-23-15-18(2)14-19(3)16-23)25(27)26-21-10-12-22(13-11-21)28-17-20-8-6-5-7-9-20/h5-16,24H,4,17H2,1-3H3,(H,26,27). The monoisotopic (exact) mass is 389 g/mol. The van der Waals surface area contributed by atoms with Crippen molar-refractivity contribution >= 4 is 11.6 Å². The van der Waals surface area contributed by atoms with Gasteiger partial charge in [0, 0.05) is 5.69 Å². The number of anilines is 1. The number of ether oxygens (including phenoxy) is 2. The number of hydrogen-bond acceptors (Lipinski definition) is 3. The quantitative estimate of drug-likeness (QED) is 0.539. The van der Waals surface area contributed by atoms with Crippen molar-refractivity contribution in [3.63, 3.8) is 0 Å². The van der Waals surface area contributed by atoms with E-state index >= 15 is 0 Å². The molecule has 0 aromatic heterocycles. The van der Waals surface area contributed by atoms with Crippen molar-refractivity contribution in [3.05, 3.63) is 89.5 Å². The fraction of sp³-hybridized carbons (Fsp3) is 0.240. The molecule has 0 saturated heterocycles. The topological polar surface area (TPSA) is 47.6 Å². The van der Waals surface area contributed by atoms with E-state index in [1.807, 2.05) is 87.5 Å². The third kappa shape index (κ3) is 6.11. The van der Waals surface area contributed by atoms with Crippen LogP contribution in [0.5, 0.6) is 11.5 Å². The molecule has 0 aliphatic heterocycles. The second-order valence-electron chi connectivity index (χ2n) is 7.13. The summed E-state index contributed by atoms with van der Waals surface area (Å²) >= 11 is 0. The first-order valence-corrected chi connectivity index (χ1v) is 9.86. The average Bonchev–Trinajstić information content (AvgIpc) is 2.71. The van der Waals surface area contributed by atoms with E-state index in [0.29, 0.717) is 24.5 Å². The zero-order chi connectivity index (χ0) is 20.6. The van der Waals surface area contributed by atoms with Crippen molar-refractivity contribution in [2.45, 2.75) is 39.9 Å². The summed E-state index contributed by atoms with van der Waals surface area (Å²) < 4.78 is 11.7. The van der Waals surface area contributed by atoms with E-state index < -0.39 is 6.10 Å². The van der Waals surface area contributed by atoms with E-state index in [1.54, 1.807) is 0 Å². The lowest BCUT2D eigenvalue weighted by Gasteiger charge is -2.18. The summed E-state index contributed by atoms with van der Waals surface area (Å²) in [6, 6.07) is 23.3. The second-order valence-corrected chi connectivity index (χ2v) is 7.13. The molecular weight excluding hydrogens is 362 g/mol. The number of hydrogen-bond donors (Lipinski definition) is 1. The Morgan fingerprint density at radius 3 is 2.17 bits per heavy atom. The number of carbonyl (C=O) groups is 1. The highest BCUT2D eigenvalue weighted by atomic mass is 16.5. The van der Waals surface area contributed by atoms with Crippen molar-refractivity contribution in [3.8, 4) is 11.5 Å². The van der Waals surface area contributed by atoms with Crippen LogP contribution in [-0.4, -0.2) is 12.0 Å². The zero-order valence-electron chi connectivity index (χ0n) is 17.1. The highest BCUT2D eigenvalue weighted by molar-refractivity contribution is 5.94. The van der Waals surface area contributed by atoms with Crippen molar-refractivity contribution in [2.75, 3.05) is 5.32 Å². The molecule has 1 N–H and O–H groups in total. The Bertz CT molecular complexity index is 916. The van der Waals surface area contributed by atoms with Gasteiger partial charge in [-0.25, -0.2) is 0 Å². The van der Waals surface area contributed by atoms with Gasteiger partial charge in [-0.2, -0.15) is 0 Å². The van der Waals surface area contributed by atoms with Crippen LogP contribution in [-0.2, 0) is 11.4 Å². The van der Waals surface area contributed by atoms with Gasteiger partial charge in [0.15, 0.2) is 6.10 Å². The molecule has 0 saturated carbocycles. The Kier molecular flexibility index (Phi) is 6.90. The normalized spacial score (nSPS) is 11.6. The van der Waals surface area contributed by atoms with Crippen LogP contribution in [0.15, 0.2) is 72.8 Å². The molecular formula is C25H27NO3. The van der Waals surface area contributed by atoms with Gasteiger partial charge in [0.1, 0.15) is 18.1 Å². The summed E-state index contributed by atoms with van der Waals surface area (Å²) in [6.07, 6.45) is 0.0297. The van der Waals surface area contributed by atoms with Crippen LogP contribution in [0.4, 0.5) is 5.69 Å². The van der Waals surface area contributed by atoms with Crippen LogP contribution < -0.4 is 14.8 Å². The summed E-state index contributed by atoms with van der Waals surface area (Å²) in [4.78, 5) is 12.6. The molecule has 29 heavy (non-hydrogen) atoms. The summed E-state index contributed by atoms with van der Waals surface area (Å²) in [5, 5.41) is 2.92. The Morgan fingerprint density at radius 2 is 1.55 bits per heavy atom. The third-order valence-electron chi connectivity index (χ3n) is 4.51. The third-order valence-corrected chi connectivity index (χ3v) is 4.51. The lowest BCUT2D eigenvalue weighted by atomic mass is 10.1. The summed E-state index contributed by atoms with van der Waals surface area (Å²) in [6.45, 7) is 6.48. The highest BCUT2D eigenvalue weighted by Gasteiger charge is 2.19. The van der Waals surface area contributed by atoms with Gasteiger partial charge in [-0.15, -0.1) is 0 Å². The first kappa shape index (κ1) is 20.5. The van der Waals surface area contributed by atoms with Crippen LogP contribution in [0.25, 0.3) is 0 Å². The Balaban J connectivity index is 1.57. The minimum Gasteiger partial charge on any atom is -0.489 e. The van der Waals surface area contributed by atoms with Gasteiger partial charge in [0.25, 0.3) is 5.91 Å². The molecule has 1 atom stereocenters. The zero-order valence-corrected chi connectivity index (χ0v) is 17.1. The molecule has 4 heteroatoms. The predicted molar refractivity (Wildman–Crippen MR) is 116 cm³/mol. The first-order chi connectivity index (χ1) is 14.0. The van der Waals surface area contributed by atoms with Gasteiger partial charge in [0.05, 0.1) is 0 Å². The van der Waals surface area contributed by atoms with E-state index in [9.17, 15) is 4.79 Å². The fourth-order valence-corrected chi connectivity index (χ4v) is 3.09. The maximum atomic E-state index is 12.6. The van der Waals surface area contributed by atoms with Crippen LogP contribution in [0, 0.1) is 13.8 Å². The molecule has 3 aromatic rings. The van der Waals surface area contributed by atoms with Crippen molar-refractivity contribution in [1.29, 1.82) is 0 Å². The Labute approximate surface area is 172 Å². The van der Waals surface area contributed by atoms with E-state index in [2.05, 4.69) is 11.4 Å². The number of carbonyl (C=O) groups excluding carboxylic acids is 1. The van der Waals surface area contributed by atoms with Crippen molar-refractivity contribution in [2.24, 2.45) is 0 Å². The van der Waals surface area contributed by atoms with Gasteiger partial charge in [-0.3, -0.25) is 4.79 Å². The Hall–Kier alpha value is -3.27. The molecule has 0 aliphatic carbocycles. The van der Waals surface area contributed by atoms with E-state index in [4.69, 9.17) is 9.47 Å². The van der Waals surface area contributed by atoms with Crippen molar-refractivity contribution in [1.82, 2.24) is 0 Å². The maximum Gasteiger partial charge on any atom is 0.265 e. The molecule has 0 radical (unpaired) electrons. The number of nitrogens with one attached hydrogen (secondary N) is 1. The van der Waals surface area contributed by atoms with Crippen LogP contribution in [0.3, 0.4) is 0 Å². The van der Waals surface area contributed by atoms with E-state index in [1.165, 1.54) is 0 Å². The number of benzene rings is 3. The van der Waals surface area contributed by atoms with E-state index in [0.717, 1.165) is 22.4 Å². The number of rotatable bonds is 8. The summed E-state index contributed by atoms with van der Waals surface area (Å²) in [7, 11) is 0. The molecule has 3 aromatic carbocycles. The molecule has 3 rings (SSSR count). The number of aryl methyl sites for hydroxylation is 2. The lowest BCUT2D eigenvalue weighted by Crippen LogP contribution is -2.32. The molecule has 0 bridgehead atoms. The van der Waals surface area contributed by atoms with Gasteiger partial charge >= 0.3 is 0 Å². The lowest BCUT2D eigenvalue weighted by molar-refractivity contribution is -0.122. The molecule has 0 fully saturated rings. The van der Waals surface area contributed by atoms with Crippen LogP contribution in [0.1, 0.15) is 30.0 Å². The van der Waals surface area contributed by atoms with Crippen LogP contribution >= 0.6 is 0 Å². The second kappa shape index (κ2) is 9.78. The first-order valence-electron chi connectivity index (χ1n) is 9.86. The minimum absolute atomic E-state index is 0.162. The SMILES string of the molecule is CCC(Oc1cc(C)cc(C)c1)C(=O)Nc1ccc(OCc2ccccc2)cc1. The van der Waals surface area contributed by atoms with Gasteiger partial charge in [-0.1, -0.05) is 43.3 Å². The Morgan fingerprint density at radius 1 is 0.897 bits per heavy atom. The molecule has 150 valence electrons. The largest absolute Gasteiger partial charge is 0.489 e. The molecule has 4 nitrogen and oxygen atoms in total. The minimum atomic E-state index is -0.551. The van der Waals surface area contributed by atoms with Gasteiger partial charge in [0.2, 0.25) is 0 Å². The smallest absolute Gasteiger partial charge is 0.265 e. The van der Waals surface area contributed by atoms with Gasteiger partial charge < -0.3 is 14.8 Å². The maximum absolute atomic E-state index is 12.6. The van der Waals surface area contributed by atoms with Gasteiger partial charge in [-0.05, 0) is 73.4 Å². The number of amides is 1.